The molecule has 0 spiro atoms. The summed E-state index contributed by atoms with van der Waals surface area (Å²) in [5, 5.41) is 0. The van der Waals surface area contributed by atoms with Crippen LogP contribution in [0, 0.1) is 0 Å². The molecule has 0 unspecified atom stereocenters. The van der Waals surface area contributed by atoms with Gasteiger partial charge in [-0.05, 0) is 17.2 Å². The number of hydrogen-bond donors (Lipinski definition) is 0. The largest absolute Gasteiger partial charge is 0.473 e. The van der Waals surface area contributed by atoms with Gasteiger partial charge in [0.1, 0.15) is 12.6 Å². The zero-order valence-corrected chi connectivity index (χ0v) is 17.6. The van der Waals surface area contributed by atoms with Crippen molar-refractivity contribution in [2.45, 2.75) is 12.5 Å². The number of aliphatic imine (C=N–C) groups is 1. The van der Waals surface area contributed by atoms with Crippen LogP contribution in [0.3, 0.4) is 0 Å². The Bertz CT molecular complexity index is 1180. The molecule has 2 aromatic heterocycles. The Morgan fingerprint density at radius 3 is 2.56 bits per heavy atom. The lowest BCUT2D eigenvalue weighted by Gasteiger charge is -2.29. The molecule has 7 nitrogen and oxygen atoms in total. The highest BCUT2D eigenvalue weighted by Crippen LogP contribution is 2.34. The fourth-order valence-electron chi connectivity index (χ4n) is 4.37. The number of aromatic nitrogens is 3. The maximum atomic E-state index is 5.80. The van der Waals surface area contributed by atoms with Gasteiger partial charge in [-0.2, -0.15) is 0 Å². The number of fused-ring (bicyclic) bond motifs is 1. The highest BCUT2D eigenvalue weighted by molar-refractivity contribution is 5.92. The molecular formula is C25H23N5O2. The van der Waals surface area contributed by atoms with Gasteiger partial charge in [-0.1, -0.05) is 36.4 Å². The molecule has 1 saturated heterocycles. The maximum absolute atomic E-state index is 5.80. The van der Waals surface area contributed by atoms with Gasteiger partial charge in [0, 0.05) is 43.0 Å². The van der Waals surface area contributed by atoms with E-state index in [1.165, 1.54) is 0 Å². The van der Waals surface area contributed by atoms with Gasteiger partial charge in [-0.15, -0.1) is 0 Å². The summed E-state index contributed by atoms with van der Waals surface area (Å²) >= 11 is 0. The monoisotopic (exact) mass is 425 g/mol. The first kappa shape index (κ1) is 19.1. The zero-order chi connectivity index (χ0) is 21.3. The van der Waals surface area contributed by atoms with Crippen LogP contribution in [-0.4, -0.2) is 53.8 Å². The van der Waals surface area contributed by atoms with E-state index in [4.69, 9.17) is 14.5 Å². The minimum atomic E-state index is -0.0106. The molecule has 1 aliphatic carbocycles. The van der Waals surface area contributed by atoms with Crippen molar-refractivity contribution in [1.29, 1.82) is 0 Å². The molecule has 0 N–H and O–H groups in total. The number of pyridine rings is 1. The molecule has 0 radical (unpaired) electrons. The Morgan fingerprint density at radius 2 is 1.75 bits per heavy atom. The molecular weight excluding hydrogens is 402 g/mol. The van der Waals surface area contributed by atoms with E-state index in [1.54, 1.807) is 0 Å². The van der Waals surface area contributed by atoms with Crippen molar-refractivity contribution < 1.29 is 9.47 Å². The van der Waals surface area contributed by atoms with Gasteiger partial charge in [0.2, 0.25) is 5.82 Å². The fraction of sp³-hybridized carbons (Fsp3) is 0.280. The Hall–Kier alpha value is -3.58. The number of ether oxygens (including phenoxy) is 2. The number of allylic oxidation sites excluding steroid dienone is 1. The van der Waals surface area contributed by atoms with Crippen molar-refractivity contribution in [3.05, 3.63) is 89.3 Å². The van der Waals surface area contributed by atoms with E-state index in [0.717, 1.165) is 66.4 Å². The standard InChI is InChI=1S/C25H23N5O2/c1-2-4-17(5-3-1)23-16-32-25(29-23)24-27-13-18(14-28-24)20-6-7-22-21(20)12-19(15-26-22)30-8-10-31-11-9-30/h1-6,12-15,23H,7-11,16H2/t23-/m1/s1. The number of rotatable bonds is 4. The van der Waals surface area contributed by atoms with E-state index >= 15 is 0 Å². The number of benzene rings is 1. The van der Waals surface area contributed by atoms with Gasteiger partial charge >= 0.3 is 0 Å². The average Bonchev–Trinajstić information content (AvgIpc) is 3.53. The molecule has 4 heterocycles. The molecule has 7 heteroatoms. The Kier molecular flexibility index (Phi) is 4.88. The van der Waals surface area contributed by atoms with E-state index < -0.39 is 0 Å². The summed E-state index contributed by atoms with van der Waals surface area (Å²) < 4.78 is 11.3. The van der Waals surface area contributed by atoms with Crippen LogP contribution in [0.2, 0.25) is 0 Å². The van der Waals surface area contributed by atoms with Crippen LogP contribution < -0.4 is 4.90 Å². The molecule has 0 saturated carbocycles. The summed E-state index contributed by atoms with van der Waals surface area (Å²) in [7, 11) is 0. The van der Waals surface area contributed by atoms with Crippen molar-refractivity contribution in [3.63, 3.8) is 0 Å². The second kappa shape index (κ2) is 8.16. The first-order valence-corrected chi connectivity index (χ1v) is 11.0. The maximum Gasteiger partial charge on any atom is 0.255 e. The SMILES string of the molecule is C1=C(c2cnc(C3=N[C@@H](c4ccccc4)CO3)nc2)c2cc(N3CCOCC3)cnc2C1. The van der Waals surface area contributed by atoms with Gasteiger partial charge in [0.05, 0.1) is 30.8 Å². The molecule has 160 valence electrons. The van der Waals surface area contributed by atoms with Crippen LogP contribution in [0.15, 0.2) is 66.1 Å². The van der Waals surface area contributed by atoms with Crippen LogP contribution in [0.1, 0.15) is 34.3 Å². The van der Waals surface area contributed by atoms with Gasteiger partial charge in [0.15, 0.2) is 0 Å². The molecule has 3 aliphatic rings. The number of nitrogens with zero attached hydrogens (tertiary/aromatic N) is 5. The number of morpholine rings is 1. The van der Waals surface area contributed by atoms with E-state index in [1.807, 2.05) is 36.8 Å². The summed E-state index contributed by atoms with van der Waals surface area (Å²) in [5.41, 5.74) is 6.63. The predicted octanol–water partition coefficient (Wildman–Crippen LogP) is 3.21. The highest BCUT2D eigenvalue weighted by Gasteiger charge is 2.24. The van der Waals surface area contributed by atoms with Crippen LogP contribution in [-0.2, 0) is 15.9 Å². The number of hydrogen-bond acceptors (Lipinski definition) is 7. The van der Waals surface area contributed by atoms with Crippen LogP contribution in [0.4, 0.5) is 5.69 Å². The van der Waals surface area contributed by atoms with Crippen molar-refractivity contribution >= 4 is 17.2 Å². The number of anilines is 1. The molecule has 32 heavy (non-hydrogen) atoms. The first-order chi connectivity index (χ1) is 15.8. The summed E-state index contributed by atoms with van der Waals surface area (Å²) in [6.45, 7) is 3.81. The van der Waals surface area contributed by atoms with E-state index in [9.17, 15) is 0 Å². The molecule has 3 aromatic rings. The molecule has 1 fully saturated rings. The quantitative estimate of drug-likeness (QED) is 0.639. The Morgan fingerprint density at radius 1 is 0.938 bits per heavy atom. The lowest BCUT2D eigenvalue weighted by atomic mass is 10.0. The van der Waals surface area contributed by atoms with Crippen molar-refractivity contribution in [1.82, 2.24) is 15.0 Å². The van der Waals surface area contributed by atoms with Crippen LogP contribution in [0.25, 0.3) is 5.57 Å². The molecule has 2 aliphatic heterocycles. The topological polar surface area (TPSA) is 72.7 Å². The third-order valence-corrected chi connectivity index (χ3v) is 6.11. The third kappa shape index (κ3) is 3.54. The summed E-state index contributed by atoms with van der Waals surface area (Å²) in [4.78, 5) is 20.8. The molecule has 1 atom stereocenters. The van der Waals surface area contributed by atoms with Gasteiger partial charge in [-0.3, -0.25) is 4.98 Å². The van der Waals surface area contributed by atoms with Crippen LogP contribution >= 0.6 is 0 Å². The third-order valence-electron chi connectivity index (χ3n) is 6.11. The molecule has 0 amide bonds. The fourth-order valence-corrected chi connectivity index (χ4v) is 4.37. The lowest BCUT2D eigenvalue weighted by molar-refractivity contribution is 0.122. The van der Waals surface area contributed by atoms with Crippen molar-refractivity contribution in [2.24, 2.45) is 4.99 Å². The van der Waals surface area contributed by atoms with Gasteiger partial charge in [0.25, 0.3) is 5.90 Å². The van der Waals surface area contributed by atoms with E-state index in [-0.39, 0.29) is 6.04 Å². The first-order valence-electron chi connectivity index (χ1n) is 11.0. The Balaban J connectivity index is 1.23. The minimum absolute atomic E-state index is 0.0106. The van der Waals surface area contributed by atoms with Gasteiger partial charge in [-0.25, -0.2) is 15.0 Å². The Labute approximate surface area is 186 Å². The molecule has 1 aromatic carbocycles. The highest BCUT2D eigenvalue weighted by atomic mass is 16.5. The predicted molar refractivity (Wildman–Crippen MR) is 122 cm³/mol. The average molecular weight is 425 g/mol. The van der Waals surface area contributed by atoms with Gasteiger partial charge < -0.3 is 14.4 Å². The van der Waals surface area contributed by atoms with Crippen molar-refractivity contribution in [3.8, 4) is 0 Å². The smallest absolute Gasteiger partial charge is 0.255 e. The summed E-state index contributed by atoms with van der Waals surface area (Å²) in [6.07, 6.45) is 8.70. The molecule has 6 rings (SSSR count). The zero-order valence-electron chi connectivity index (χ0n) is 17.6. The second-order valence-electron chi connectivity index (χ2n) is 8.08. The van der Waals surface area contributed by atoms with Crippen LogP contribution in [0.5, 0.6) is 0 Å². The summed E-state index contributed by atoms with van der Waals surface area (Å²) in [6, 6.07) is 12.4. The molecule has 0 bridgehead atoms. The van der Waals surface area contributed by atoms with E-state index in [0.29, 0.717) is 18.3 Å². The minimum Gasteiger partial charge on any atom is -0.473 e. The van der Waals surface area contributed by atoms with Crippen molar-refractivity contribution in [2.75, 3.05) is 37.8 Å². The lowest BCUT2D eigenvalue weighted by Crippen LogP contribution is -2.36. The van der Waals surface area contributed by atoms with E-state index in [2.05, 4.69) is 44.1 Å². The summed E-state index contributed by atoms with van der Waals surface area (Å²) in [5.74, 6) is 1.02. The second-order valence-corrected chi connectivity index (χ2v) is 8.08. The normalized spacial score (nSPS) is 19.9.